The number of ether oxygens (including phenoxy) is 1. The molecule has 98 valence electrons. The van der Waals surface area contributed by atoms with Crippen molar-refractivity contribution in [3.05, 3.63) is 0 Å². The first-order valence-electron chi connectivity index (χ1n) is 5.73. The van der Waals surface area contributed by atoms with Gasteiger partial charge in [-0.25, -0.2) is 4.79 Å². The van der Waals surface area contributed by atoms with E-state index in [1.165, 1.54) is 7.11 Å². The summed E-state index contributed by atoms with van der Waals surface area (Å²) in [6.07, 6.45) is 2.51. The van der Waals surface area contributed by atoms with E-state index in [1.807, 2.05) is 11.8 Å². The van der Waals surface area contributed by atoms with Gasteiger partial charge in [-0.15, -0.1) is 0 Å². The van der Waals surface area contributed by atoms with Gasteiger partial charge in [-0.05, 0) is 30.3 Å². The number of methoxy groups -OCH3 is 1. The molecule has 17 heavy (non-hydrogen) atoms. The Bertz CT molecular complexity index is 266. The first-order chi connectivity index (χ1) is 8.17. The summed E-state index contributed by atoms with van der Waals surface area (Å²) in [6, 6.07) is -0.939. The minimum absolute atomic E-state index is 0.189. The fourth-order valence-corrected chi connectivity index (χ4v) is 2.99. The number of carbonyl (C=O) groups excluding carboxylic acids is 2. The Morgan fingerprint density at radius 2 is 2.12 bits per heavy atom. The number of rotatable bonds is 5. The van der Waals surface area contributed by atoms with E-state index in [1.54, 1.807) is 0 Å². The number of thioether (sulfide) groups is 1. The van der Waals surface area contributed by atoms with Crippen LogP contribution in [0.4, 0.5) is 0 Å². The third-order valence-corrected chi connectivity index (χ3v) is 3.87. The Morgan fingerprint density at radius 1 is 1.47 bits per heavy atom. The van der Waals surface area contributed by atoms with Crippen LogP contribution in [0, 0.1) is 5.92 Å². The van der Waals surface area contributed by atoms with Crippen LogP contribution < -0.4 is 5.32 Å². The predicted molar refractivity (Wildman–Crippen MR) is 65.7 cm³/mol. The van der Waals surface area contributed by atoms with Crippen LogP contribution in [0.15, 0.2) is 0 Å². The van der Waals surface area contributed by atoms with Crippen molar-refractivity contribution in [2.45, 2.75) is 25.3 Å². The molecule has 0 aromatic rings. The monoisotopic (exact) mass is 261 g/mol. The second-order valence-corrected chi connectivity index (χ2v) is 5.31. The summed E-state index contributed by atoms with van der Waals surface area (Å²) < 4.78 is 4.48. The van der Waals surface area contributed by atoms with Crippen LogP contribution in [0.2, 0.25) is 0 Å². The van der Waals surface area contributed by atoms with E-state index >= 15 is 0 Å². The van der Waals surface area contributed by atoms with E-state index in [2.05, 4.69) is 10.1 Å². The highest BCUT2D eigenvalue weighted by Crippen LogP contribution is 2.25. The lowest BCUT2D eigenvalue weighted by atomic mass is 9.98. The molecule has 1 fully saturated rings. The van der Waals surface area contributed by atoms with Gasteiger partial charge in [0.15, 0.2) is 6.04 Å². The Morgan fingerprint density at radius 3 is 2.65 bits per heavy atom. The summed E-state index contributed by atoms with van der Waals surface area (Å²) in [5.74, 6) is 1.79. The van der Waals surface area contributed by atoms with E-state index in [0.717, 1.165) is 24.3 Å². The lowest BCUT2D eigenvalue weighted by Gasteiger charge is -2.21. The molecule has 0 aromatic carbocycles. The zero-order valence-electron chi connectivity index (χ0n) is 9.98. The third-order valence-electron chi connectivity index (χ3n) is 2.82. The summed E-state index contributed by atoms with van der Waals surface area (Å²) in [4.78, 5) is 22.8. The molecule has 1 amide bonds. The third kappa shape index (κ3) is 4.95. The Hall–Kier alpha value is -0.750. The molecule has 0 spiro atoms. The maximum Gasteiger partial charge on any atom is 0.330 e. The van der Waals surface area contributed by atoms with E-state index in [0.29, 0.717) is 12.3 Å². The molecule has 6 heteroatoms. The second kappa shape index (κ2) is 7.55. The summed E-state index contributed by atoms with van der Waals surface area (Å²) >= 11 is 1.91. The van der Waals surface area contributed by atoms with Crippen molar-refractivity contribution in [1.82, 2.24) is 5.32 Å². The Labute approximate surface area is 105 Å². The smallest absolute Gasteiger partial charge is 0.330 e. The van der Waals surface area contributed by atoms with Gasteiger partial charge in [0.05, 0.1) is 13.7 Å². The zero-order valence-corrected chi connectivity index (χ0v) is 10.8. The molecular formula is C11H19NO4S. The molecule has 2 N–H and O–H groups in total. The lowest BCUT2D eigenvalue weighted by molar-refractivity contribution is -0.146. The van der Waals surface area contributed by atoms with Gasteiger partial charge in [0.1, 0.15) is 0 Å². The van der Waals surface area contributed by atoms with Gasteiger partial charge in [-0.3, -0.25) is 4.79 Å². The first kappa shape index (κ1) is 14.3. The number of esters is 1. The molecule has 0 bridgehead atoms. The fourth-order valence-electron chi connectivity index (χ4n) is 1.79. The normalized spacial score (nSPS) is 18.5. The van der Waals surface area contributed by atoms with Gasteiger partial charge in [0.2, 0.25) is 5.91 Å². The van der Waals surface area contributed by atoms with Crippen LogP contribution in [-0.4, -0.2) is 48.2 Å². The summed E-state index contributed by atoms with van der Waals surface area (Å²) in [6.45, 7) is -0.432. The number of nitrogens with one attached hydrogen (secondary N) is 1. The number of hydrogen-bond donors (Lipinski definition) is 2. The Kier molecular flexibility index (Phi) is 6.36. The molecule has 5 nitrogen and oxygen atoms in total. The largest absolute Gasteiger partial charge is 0.467 e. The number of amides is 1. The van der Waals surface area contributed by atoms with E-state index in [-0.39, 0.29) is 5.91 Å². The Balaban J connectivity index is 2.33. The van der Waals surface area contributed by atoms with E-state index in [4.69, 9.17) is 5.11 Å². The average Bonchev–Trinajstić information content (AvgIpc) is 2.36. The molecule has 0 aromatic heterocycles. The van der Waals surface area contributed by atoms with Crippen molar-refractivity contribution in [2.75, 3.05) is 25.2 Å². The topological polar surface area (TPSA) is 75.6 Å². The molecule has 1 aliphatic heterocycles. The predicted octanol–water partition coefficient (Wildman–Crippen LogP) is 0.170. The van der Waals surface area contributed by atoms with Gasteiger partial charge < -0.3 is 15.2 Å². The minimum Gasteiger partial charge on any atom is -0.467 e. The highest BCUT2D eigenvalue weighted by atomic mass is 32.2. The van der Waals surface area contributed by atoms with Crippen molar-refractivity contribution in [2.24, 2.45) is 5.92 Å². The quantitative estimate of drug-likeness (QED) is 0.690. The highest BCUT2D eigenvalue weighted by Gasteiger charge is 2.23. The molecule has 1 unspecified atom stereocenters. The first-order valence-corrected chi connectivity index (χ1v) is 6.88. The van der Waals surface area contributed by atoms with Gasteiger partial charge in [0, 0.05) is 6.42 Å². The standard InChI is InChI=1S/C11H19NO4S/c1-16-11(15)9(7-13)12-10(14)6-8-2-4-17-5-3-8/h8-9,13H,2-7H2,1H3,(H,12,14). The zero-order chi connectivity index (χ0) is 12.7. The molecular weight excluding hydrogens is 242 g/mol. The fraction of sp³-hybridized carbons (Fsp3) is 0.818. The van der Waals surface area contributed by atoms with E-state index < -0.39 is 18.6 Å². The summed E-state index contributed by atoms with van der Waals surface area (Å²) in [7, 11) is 1.23. The van der Waals surface area contributed by atoms with Crippen molar-refractivity contribution < 1.29 is 19.4 Å². The molecule has 0 saturated carbocycles. The summed E-state index contributed by atoms with van der Waals surface area (Å²) in [5.41, 5.74) is 0. The van der Waals surface area contributed by atoms with Gasteiger partial charge in [-0.1, -0.05) is 0 Å². The second-order valence-electron chi connectivity index (χ2n) is 4.09. The minimum atomic E-state index is -0.939. The van der Waals surface area contributed by atoms with Crippen molar-refractivity contribution in [1.29, 1.82) is 0 Å². The van der Waals surface area contributed by atoms with Gasteiger partial charge in [-0.2, -0.15) is 11.8 Å². The maximum absolute atomic E-state index is 11.7. The van der Waals surface area contributed by atoms with Crippen LogP contribution in [0.25, 0.3) is 0 Å². The van der Waals surface area contributed by atoms with Gasteiger partial charge >= 0.3 is 5.97 Å². The number of aliphatic hydroxyl groups excluding tert-OH is 1. The summed E-state index contributed by atoms with van der Waals surface area (Å²) in [5, 5.41) is 11.5. The van der Waals surface area contributed by atoms with E-state index in [9.17, 15) is 9.59 Å². The SMILES string of the molecule is COC(=O)C(CO)NC(=O)CC1CCSCC1. The van der Waals surface area contributed by atoms with Crippen molar-refractivity contribution in [3.8, 4) is 0 Å². The van der Waals surface area contributed by atoms with Crippen LogP contribution >= 0.6 is 11.8 Å². The molecule has 0 radical (unpaired) electrons. The average molecular weight is 261 g/mol. The van der Waals surface area contributed by atoms with Crippen LogP contribution in [-0.2, 0) is 14.3 Å². The molecule has 1 heterocycles. The van der Waals surface area contributed by atoms with Crippen LogP contribution in [0.5, 0.6) is 0 Å². The molecule has 1 rings (SSSR count). The highest BCUT2D eigenvalue weighted by molar-refractivity contribution is 7.99. The van der Waals surface area contributed by atoms with Crippen molar-refractivity contribution >= 4 is 23.6 Å². The lowest BCUT2D eigenvalue weighted by Crippen LogP contribution is -2.44. The van der Waals surface area contributed by atoms with Crippen LogP contribution in [0.3, 0.4) is 0 Å². The maximum atomic E-state index is 11.7. The molecule has 0 aliphatic carbocycles. The van der Waals surface area contributed by atoms with Gasteiger partial charge in [0.25, 0.3) is 0 Å². The molecule has 1 aliphatic rings. The number of hydrogen-bond acceptors (Lipinski definition) is 5. The van der Waals surface area contributed by atoms with Crippen molar-refractivity contribution in [3.63, 3.8) is 0 Å². The molecule has 1 saturated heterocycles. The number of aliphatic hydroxyl groups is 1. The van der Waals surface area contributed by atoms with Crippen LogP contribution in [0.1, 0.15) is 19.3 Å². The number of carbonyl (C=O) groups is 2. The molecule has 1 atom stereocenters.